The van der Waals surface area contributed by atoms with Gasteiger partial charge in [0.05, 0.1) is 5.56 Å². The quantitative estimate of drug-likeness (QED) is 0.841. The number of fused-ring (bicyclic) bond motifs is 1. The first-order chi connectivity index (χ1) is 11.5. The average Bonchev–Trinajstić information content (AvgIpc) is 3.40. The molecule has 124 valence electrons. The molecule has 0 spiro atoms. The van der Waals surface area contributed by atoms with Crippen LogP contribution in [0.1, 0.15) is 48.0 Å². The van der Waals surface area contributed by atoms with Crippen LogP contribution in [-0.2, 0) is 10.3 Å². The van der Waals surface area contributed by atoms with E-state index in [-0.39, 0.29) is 11.6 Å². The number of anilines is 2. The van der Waals surface area contributed by atoms with E-state index in [4.69, 9.17) is 9.94 Å². The van der Waals surface area contributed by atoms with Crippen molar-refractivity contribution in [3.05, 3.63) is 59.2 Å². The fourth-order valence-electron chi connectivity index (χ4n) is 3.38. The van der Waals surface area contributed by atoms with Gasteiger partial charge in [0.1, 0.15) is 0 Å². The number of carboxylic acid groups (broad SMARTS) is 1. The van der Waals surface area contributed by atoms with E-state index in [1.165, 1.54) is 11.3 Å². The summed E-state index contributed by atoms with van der Waals surface area (Å²) in [6.45, 7) is 5.43. The maximum absolute atomic E-state index is 11.1. The zero-order valence-corrected chi connectivity index (χ0v) is 13.7. The van der Waals surface area contributed by atoms with Gasteiger partial charge >= 0.3 is 5.97 Å². The molecule has 0 radical (unpaired) electrons. The molecule has 0 aliphatic carbocycles. The molecule has 2 aromatic rings. The monoisotopic (exact) mass is 324 g/mol. The Labute approximate surface area is 140 Å². The Morgan fingerprint density at radius 3 is 2.58 bits per heavy atom. The van der Waals surface area contributed by atoms with Crippen molar-refractivity contribution in [1.29, 1.82) is 0 Å². The van der Waals surface area contributed by atoms with Crippen LogP contribution in [0.4, 0.5) is 11.4 Å². The molecular weight excluding hydrogens is 304 g/mol. The fourth-order valence-corrected chi connectivity index (χ4v) is 3.38. The van der Waals surface area contributed by atoms with Gasteiger partial charge in [-0.05, 0) is 47.7 Å². The molecule has 5 heteroatoms. The molecule has 4 rings (SSSR count). The van der Waals surface area contributed by atoms with Crippen molar-refractivity contribution in [3.63, 3.8) is 0 Å². The number of carboxylic acids is 1. The first-order valence-corrected chi connectivity index (χ1v) is 8.12. The van der Waals surface area contributed by atoms with Gasteiger partial charge in [0.25, 0.3) is 0 Å². The van der Waals surface area contributed by atoms with Gasteiger partial charge in [-0.15, -0.1) is 0 Å². The Morgan fingerprint density at radius 1 is 1.25 bits per heavy atom. The Bertz CT molecular complexity index is 795. The van der Waals surface area contributed by atoms with Gasteiger partial charge in [0.15, 0.2) is 6.23 Å². The molecule has 0 aromatic heterocycles. The zero-order valence-electron chi connectivity index (χ0n) is 13.7. The highest BCUT2D eigenvalue weighted by molar-refractivity contribution is 5.88. The molecule has 0 bridgehead atoms. The number of hydroxylamine groups is 1. The molecule has 0 amide bonds. The molecule has 24 heavy (non-hydrogen) atoms. The van der Waals surface area contributed by atoms with E-state index >= 15 is 0 Å². The van der Waals surface area contributed by atoms with Crippen LogP contribution in [0.2, 0.25) is 0 Å². The number of aromatic carboxylic acids is 1. The van der Waals surface area contributed by atoms with Crippen LogP contribution in [0.25, 0.3) is 0 Å². The molecule has 2 N–H and O–H groups in total. The molecule has 1 atom stereocenters. The molecule has 5 nitrogen and oxygen atoms in total. The van der Waals surface area contributed by atoms with Gasteiger partial charge in [0, 0.05) is 23.5 Å². The van der Waals surface area contributed by atoms with Crippen molar-refractivity contribution >= 4 is 17.3 Å². The third-order valence-electron chi connectivity index (χ3n) is 4.97. The maximum Gasteiger partial charge on any atom is 0.335 e. The second kappa shape index (κ2) is 5.33. The van der Waals surface area contributed by atoms with E-state index in [9.17, 15) is 4.79 Å². The van der Waals surface area contributed by atoms with Crippen LogP contribution in [0.3, 0.4) is 0 Å². The first-order valence-electron chi connectivity index (χ1n) is 8.12. The lowest BCUT2D eigenvalue weighted by molar-refractivity contribution is 0.0697. The van der Waals surface area contributed by atoms with Crippen LogP contribution in [0.15, 0.2) is 42.5 Å². The molecule has 2 aromatic carbocycles. The highest BCUT2D eigenvalue weighted by atomic mass is 16.8. The predicted molar refractivity (Wildman–Crippen MR) is 91.5 cm³/mol. The molecule has 2 aliphatic rings. The van der Waals surface area contributed by atoms with E-state index < -0.39 is 5.97 Å². The van der Waals surface area contributed by atoms with E-state index in [0.29, 0.717) is 5.56 Å². The smallest absolute Gasteiger partial charge is 0.335 e. The summed E-state index contributed by atoms with van der Waals surface area (Å²) in [5.41, 5.74) is 7.89. The van der Waals surface area contributed by atoms with E-state index in [2.05, 4.69) is 42.4 Å². The number of rotatable bonds is 3. The standard InChI is InChI=1S/C19H20N2O3/c1-19(2)9-10-21(14-6-3-12(4-7-14)18(22)23)16-11-13(17-20-24-17)5-8-15(16)19/h3-8,11,17,20H,9-10H2,1-2H3,(H,22,23). The van der Waals surface area contributed by atoms with Crippen LogP contribution in [0.5, 0.6) is 0 Å². The number of nitrogens with zero attached hydrogens (tertiary/aromatic N) is 1. The van der Waals surface area contributed by atoms with E-state index in [0.717, 1.165) is 24.2 Å². The summed E-state index contributed by atoms with van der Waals surface area (Å²) in [7, 11) is 0. The molecule has 0 saturated carbocycles. The molecule has 2 heterocycles. The van der Waals surface area contributed by atoms with Crippen molar-refractivity contribution in [2.24, 2.45) is 0 Å². The maximum atomic E-state index is 11.1. The largest absolute Gasteiger partial charge is 0.478 e. The summed E-state index contributed by atoms with van der Waals surface area (Å²) >= 11 is 0. The number of hydrogen-bond acceptors (Lipinski definition) is 4. The highest BCUT2D eigenvalue weighted by Crippen LogP contribution is 2.44. The second-order valence-electron chi connectivity index (χ2n) is 7.03. The van der Waals surface area contributed by atoms with Crippen LogP contribution in [-0.4, -0.2) is 17.6 Å². The van der Waals surface area contributed by atoms with E-state index in [1.807, 2.05) is 12.1 Å². The first kappa shape index (κ1) is 15.2. The lowest BCUT2D eigenvalue weighted by atomic mass is 9.77. The Morgan fingerprint density at radius 2 is 1.96 bits per heavy atom. The van der Waals surface area contributed by atoms with Crippen molar-refractivity contribution < 1.29 is 14.7 Å². The third kappa shape index (κ3) is 2.56. The van der Waals surface area contributed by atoms with Gasteiger partial charge in [-0.2, -0.15) is 5.48 Å². The minimum atomic E-state index is -0.902. The summed E-state index contributed by atoms with van der Waals surface area (Å²) in [6.07, 6.45) is 1.02. The summed E-state index contributed by atoms with van der Waals surface area (Å²) in [6, 6.07) is 13.5. The minimum absolute atomic E-state index is 0.0171. The zero-order chi connectivity index (χ0) is 16.9. The number of nitrogens with one attached hydrogen (secondary N) is 1. The Hall–Kier alpha value is -2.37. The van der Waals surface area contributed by atoms with Crippen LogP contribution in [0, 0.1) is 0 Å². The third-order valence-corrected chi connectivity index (χ3v) is 4.97. The highest BCUT2D eigenvalue weighted by Gasteiger charge is 2.34. The van der Waals surface area contributed by atoms with E-state index in [1.54, 1.807) is 12.1 Å². The summed E-state index contributed by atoms with van der Waals surface area (Å²) in [4.78, 5) is 18.5. The lowest BCUT2D eigenvalue weighted by Crippen LogP contribution is -2.34. The SMILES string of the molecule is CC1(C)CCN(c2ccc(C(=O)O)cc2)c2cc(C3NO3)ccc21. The van der Waals surface area contributed by atoms with Gasteiger partial charge < -0.3 is 10.0 Å². The summed E-state index contributed by atoms with van der Waals surface area (Å²) in [5, 5.41) is 9.08. The topological polar surface area (TPSA) is 75.0 Å². The molecule has 2 aliphatic heterocycles. The van der Waals surface area contributed by atoms with Gasteiger partial charge in [-0.3, -0.25) is 4.84 Å². The van der Waals surface area contributed by atoms with Gasteiger partial charge in [0.2, 0.25) is 0 Å². The average molecular weight is 324 g/mol. The molecule has 1 unspecified atom stereocenters. The predicted octanol–water partition coefficient (Wildman–Crippen LogP) is 3.74. The number of carbonyl (C=O) groups is 1. The van der Waals surface area contributed by atoms with Crippen molar-refractivity contribution in [3.8, 4) is 0 Å². The normalized spacial score (nSPS) is 21.2. The summed E-state index contributed by atoms with van der Waals surface area (Å²) in [5.74, 6) is -0.902. The number of benzene rings is 2. The van der Waals surface area contributed by atoms with Crippen LogP contribution < -0.4 is 10.4 Å². The van der Waals surface area contributed by atoms with Crippen molar-refractivity contribution in [2.75, 3.05) is 11.4 Å². The Balaban J connectivity index is 1.77. The summed E-state index contributed by atoms with van der Waals surface area (Å²) < 4.78 is 0. The molecular formula is C19H20N2O3. The van der Waals surface area contributed by atoms with Gasteiger partial charge in [-0.1, -0.05) is 26.0 Å². The van der Waals surface area contributed by atoms with Crippen molar-refractivity contribution in [1.82, 2.24) is 5.48 Å². The Kier molecular flexibility index (Phi) is 3.37. The second-order valence-corrected chi connectivity index (χ2v) is 7.03. The fraction of sp³-hybridized carbons (Fsp3) is 0.316. The van der Waals surface area contributed by atoms with Crippen molar-refractivity contribution in [2.45, 2.75) is 31.9 Å². The minimum Gasteiger partial charge on any atom is -0.478 e. The van der Waals surface area contributed by atoms with Crippen LogP contribution >= 0.6 is 0 Å². The lowest BCUT2D eigenvalue weighted by Gasteiger charge is -2.40. The molecule has 1 fully saturated rings. The van der Waals surface area contributed by atoms with Gasteiger partial charge in [-0.25, -0.2) is 4.79 Å². The number of hydrogen-bond donors (Lipinski definition) is 2. The molecule has 1 saturated heterocycles.